The highest BCUT2D eigenvalue weighted by molar-refractivity contribution is 5.90. The number of carbonyl (C=O) groups excluding carboxylic acids is 1. The molecule has 2 atom stereocenters. The van der Waals surface area contributed by atoms with Gasteiger partial charge in [0.15, 0.2) is 0 Å². The molecule has 0 amide bonds. The van der Waals surface area contributed by atoms with Crippen LogP contribution in [0, 0.1) is 5.92 Å². The summed E-state index contributed by atoms with van der Waals surface area (Å²) in [7, 11) is 0. The van der Waals surface area contributed by atoms with Gasteiger partial charge in [-0.15, -0.1) is 0 Å². The number of hydrogen-bond acceptors (Lipinski definition) is 3. The molecule has 0 heterocycles. The Morgan fingerprint density at radius 2 is 1.94 bits per heavy atom. The van der Waals surface area contributed by atoms with E-state index in [1.54, 1.807) is 0 Å². The van der Waals surface area contributed by atoms with Crippen LogP contribution in [0.2, 0.25) is 0 Å². The number of ether oxygens (including phenoxy) is 1. The number of esters is 1. The van der Waals surface area contributed by atoms with Crippen LogP contribution in [-0.4, -0.2) is 22.6 Å². The molecule has 17 heavy (non-hydrogen) atoms. The molecular weight excluding hydrogens is 220 g/mol. The van der Waals surface area contributed by atoms with Gasteiger partial charge < -0.3 is 9.84 Å². The molecule has 0 rings (SSSR count). The zero-order valence-corrected chi connectivity index (χ0v) is 11.0. The lowest BCUT2D eigenvalue weighted by Crippen LogP contribution is -2.32. The third-order valence-electron chi connectivity index (χ3n) is 2.93. The predicted octanol–water partition coefficient (Wildman–Crippen LogP) is 2.78. The van der Waals surface area contributed by atoms with Crippen LogP contribution in [0.1, 0.15) is 47.0 Å². The van der Waals surface area contributed by atoms with Crippen LogP contribution in [0.3, 0.4) is 0 Å². The van der Waals surface area contributed by atoms with Crippen LogP contribution in [0.15, 0.2) is 12.2 Å². The van der Waals surface area contributed by atoms with Crippen molar-refractivity contribution in [2.45, 2.75) is 52.6 Å². The summed E-state index contributed by atoms with van der Waals surface area (Å²) in [5.74, 6) is -1.28. The van der Waals surface area contributed by atoms with Crippen LogP contribution in [0.5, 0.6) is 0 Å². The first-order valence-electron chi connectivity index (χ1n) is 5.97. The highest BCUT2D eigenvalue weighted by Crippen LogP contribution is 2.26. The Bertz CT molecular complexity index is 296. The molecule has 0 aromatic rings. The quantitative estimate of drug-likeness (QED) is 0.550. The molecule has 2 unspecified atom stereocenters. The van der Waals surface area contributed by atoms with Crippen LogP contribution < -0.4 is 0 Å². The highest BCUT2D eigenvalue weighted by atomic mass is 16.6. The van der Waals surface area contributed by atoms with E-state index < -0.39 is 17.5 Å². The van der Waals surface area contributed by atoms with E-state index in [4.69, 9.17) is 9.84 Å². The van der Waals surface area contributed by atoms with Gasteiger partial charge in [-0.1, -0.05) is 27.2 Å². The highest BCUT2D eigenvalue weighted by Gasteiger charge is 2.27. The molecule has 0 saturated heterocycles. The summed E-state index contributed by atoms with van der Waals surface area (Å²) in [5, 5.41) is 8.41. The molecule has 0 aliphatic heterocycles. The predicted molar refractivity (Wildman–Crippen MR) is 65.6 cm³/mol. The van der Waals surface area contributed by atoms with Gasteiger partial charge in [-0.05, 0) is 25.7 Å². The SMILES string of the molecule is CCC(C)CC(C)(CC)OC(=O)/C=C/C(=O)O. The second kappa shape index (κ2) is 7.09. The summed E-state index contributed by atoms with van der Waals surface area (Å²) >= 11 is 0. The number of hydrogen-bond donors (Lipinski definition) is 1. The molecule has 0 radical (unpaired) electrons. The number of carboxylic acids is 1. The van der Waals surface area contributed by atoms with E-state index in [2.05, 4.69) is 13.8 Å². The van der Waals surface area contributed by atoms with E-state index in [0.717, 1.165) is 25.0 Å². The van der Waals surface area contributed by atoms with Gasteiger partial charge in [0.25, 0.3) is 0 Å². The second-order valence-electron chi connectivity index (χ2n) is 4.61. The van der Waals surface area contributed by atoms with Gasteiger partial charge in [0.05, 0.1) is 0 Å². The number of carboxylic acid groups (broad SMARTS) is 1. The van der Waals surface area contributed by atoms with E-state index in [9.17, 15) is 9.59 Å². The molecule has 1 N–H and O–H groups in total. The van der Waals surface area contributed by atoms with Crippen LogP contribution in [-0.2, 0) is 14.3 Å². The molecule has 0 aliphatic rings. The van der Waals surface area contributed by atoms with E-state index in [0.29, 0.717) is 12.3 Å². The molecule has 0 aromatic carbocycles. The standard InChI is InChI=1S/C13H22O4/c1-5-10(3)9-13(4,6-2)17-12(16)8-7-11(14)15/h7-8,10H,5-6,9H2,1-4H3,(H,14,15)/b8-7+. The number of rotatable bonds is 7. The third-order valence-corrected chi connectivity index (χ3v) is 2.93. The molecule has 4 nitrogen and oxygen atoms in total. The van der Waals surface area contributed by atoms with Gasteiger partial charge in [-0.3, -0.25) is 0 Å². The van der Waals surface area contributed by atoms with Gasteiger partial charge in [0.1, 0.15) is 5.60 Å². The summed E-state index contributed by atoms with van der Waals surface area (Å²) in [4.78, 5) is 21.7. The fraction of sp³-hybridized carbons (Fsp3) is 0.692. The van der Waals surface area contributed by atoms with Gasteiger partial charge in [-0.2, -0.15) is 0 Å². The van der Waals surface area contributed by atoms with Gasteiger partial charge in [0.2, 0.25) is 0 Å². The van der Waals surface area contributed by atoms with Crippen molar-refractivity contribution in [2.75, 3.05) is 0 Å². The summed E-state index contributed by atoms with van der Waals surface area (Å²) in [6.07, 6.45) is 4.27. The fourth-order valence-corrected chi connectivity index (χ4v) is 1.56. The van der Waals surface area contributed by atoms with Gasteiger partial charge >= 0.3 is 11.9 Å². The first-order chi connectivity index (χ1) is 7.83. The zero-order chi connectivity index (χ0) is 13.5. The van der Waals surface area contributed by atoms with Crippen molar-refractivity contribution in [3.8, 4) is 0 Å². The van der Waals surface area contributed by atoms with E-state index in [1.807, 2.05) is 13.8 Å². The van der Waals surface area contributed by atoms with Crippen LogP contribution >= 0.6 is 0 Å². The Hall–Kier alpha value is -1.32. The third kappa shape index (κ3) is 6.76. The van der Waals surface area contributed by atoms with Crippen molar-refractivity contribution in [1.82, 2.24) is 0 Å². The first-order valence-corrected chi connectivity index (χ1v) is 5.97. The molecule has 0 spiro atoms. The maximum Gasteiger partial charge on any atom is 0.331 e. The Labute approximate surface area is 103 Å². The molecule has 0 bridgehead atoms. The number of aliphatic carboxylic acids is 1. The smallest absolute Gasteiger partial charge is 0.331 e. The maximum atomic E-state index is 11.4. The normalized spacial score (nSPS) is 16.5. The lowest BCUT2D eigenvalue weighted by atomic mass is 9.89. The lowest BCUT2D eigenvalue weighted by Gasteiger charge is -2.30. The summed E-state index contributed by atoms with van der Waals surface area (Å²) in [5.41, 5.74) is -0.518. The molecule has 0 fully saturated rings. The van der Waals surface area contributed by atoms with Gasteiger partial charge in [0, 0.05) is 12.2 Å². The van der Waals surface area contributed by atoms with Crippen LogP contribution in [0.25, 0.3) is 0 Å². The molecule has 98 valence electrons. The zero-order valence-electron chi connectivity index (χ0n) is 11.0. The fourth-order valence-electron chi connectivity index (χ4n) is 1.56. The average Bonchev–Trinajstić information content (AvgIpc) is 2.26. The molecule has 0 aliphatic carbocycles. The van der Waals surface area contributed by atoms with Crippen molar-refractivity contribution in [2.24, 2.45) is 5.92 Å². The van der Waals surface area contributed by atoms with Crippen molar-refractivity contribution < 1.29 is 19.4 Å². The van der Waals surface area contributed by atoms with E-state index in [1.165, 1.54) is 0 Å². The molecule has 0 aromatic heterocycles. The monoisotopic (exact) mass is 242 g/mol. The minimum Gasteiger partial charge on any atom is -0.478 e. The summed E-state index contributed by atoms with van der Waals surface area (Å²) in [6, 6.07) is 0. The topological polar surface area (TPSA) is 63.6 Å². The van der Waals surface area contributed by atoms with Crippen molar-refractivity contribution >= 4 is 11.9 Å². The van der Waals surface area contributed by atoms with Crippen molar-refractivity contribution in [1.29, 1.82) is 0 Å². The lowest BCUT2D eigenvalue weighted by molar-refractivity contribution is -0.154. The Morgan fingerprint density at radius 1 is 1.35 bits per heavy atom. The Kier molecular flexibility index (Phi) is 6.54. The van der Waals surface area contributed by atoms with Crippen molar-refractivity contribution in [3.05, 3.63) is 12.2 Å². The average molecular weight is 242 g/mol. The van der Waals surface area contributed by atoms with Crippen molar-refractivity contribution in [3.63, 3.8) is 0 Å². The largest absolute Gasteiger partial charge is 0.478 e. The first kappa shape index (κ1) is 15.7. The number of carbonyl (C=O) groups is 2. The van der Waals surface area contributed by atoms with E-state index >= 15 is 0 Å². The minimum absolute atomic E-state index is 0.469. The van der Waals surface area contributed by atoms with Crippen LogP contribution in [0.4, 0.5) is 0 Å². The summed E-state index contributed by atoms with van der Waals surface area (Å²) < 4.78 is 5.32. The second-order valence-corrected chi connectivity index (χ2v) is 4.61. The Balaban J connectivity index is 4.46. The molecular formula is C13H22O4. The Morgan fingerprint density at radius 3 is 2.35 bits per heavy atom. The molecule has 0 saturated carbocycles. The van der Waals surface area contributed by atoms with Gasteiger partial charge in [-0.25, -0.2) is 9.59 Å². The maximum absolute atomic E-state index is 11.4. The summed E-state index contributed by atoms with van der Waals surface area (Å²) in [6.45, 7) is 8.03. The minimum atomic E-state index is -1.15. The molecule has 4 heteroatoms. The van der Waals surface area contributed by atoms with E-state index in [-0.39, 0.29) is 0 Å².